The van der Waals surface area contributed by atoms with Crippen molar-refractivity contribution in [2.45, 2.75) is 30.8 Å². The third-order valence-electron chi connectivity index (χ3n) is 3.39. The SMILES string of the molecule is NC1(C(=O)NC(CO)c2ccccc2)CCC1. The molecule has 4 N–H and O–H groups in total. The van der Waals surface area contributed by atoms with Gasteiger partial charge in [-0.3, -0.25) is 4.79 Å². The third kappa shape index (κ3) is 2.48. The largest absolute Gasteiger partial charge is 0.394 e. The minimum absolute atomic E-state index is 0.119. The van der Waals surface area contributed by atoms with Gasteiger partial charge in [-0.15, -0.1) is 0 Å². The number of aliphatic hydroxyl groups is 1. The maximum absolute atomic E-state index is 11.9. The Bertz CT molecular complexity index is 388. The molecule has 4 heteroatoms. The summed E-state index contributed by atoms with van der Waals surface area (Å²) in [5.74, 6) is -0.161. The van der Waals surface area contributed by atoms with Gasteiger partial charge < -0.3 is 16.2 Å². The maximum Gasteiger partial charge on any atom is 0.240 e. The zero-order chi connectivity index (χ0) is 12.3. The normalized spacial score (nSPS) is 19.2. The van der Waals surface area contributed by atoms with Gasteiger partial charge in [0.05, 0.1) is 18.2 Å². The lowest BCUT2D eigenvalue weighted by Crippen LogP contribution is -2.59. The van der Waals surface area contributed by atoms with Gasteiger partial charge >= 0.3 is 0 Å². The van der Waals surface area contributed by atoms with Crippen molar-refractivity contribution in [3.63, 3.8) is 0 Å². The lowest BCUT2D eigenvalue weighted by Gasteiger charge is -2.37. The monoisotopic (exact) mass is 234 g/mol. The Hall–Kier alpha value is -1.39. The summed E-state index contributed by atoms with van der Waals surface area (Å²) in [6.45, 7) is -0.119. The van der Waals surface area contributed by atoms with E-state index in [0.29, 0.717) is 0 Å². The number of amides is 1. The van der Waals surface area contributed by atoms with Crippen molar-refractivity contribution in [1.82, 2.24) is 5.32 Å². The highest BCUT2D eigenvalue weighted by atomic mass is 16.3. The van der Waals surface area contributed by atoms with Crippen molar-refractivity contribution in [2.75, 3.05) is 6.61 Å². The van der Waals surface area contributed by atoms with Crippen LogP contribution in [0.4, 0.5) is 0 Å². The molecule has 0 aliphatic heterocycles. The van der Waals surface area contributed by atoms with Crippen LogP contribution in [0.1, 0.15) is 30.9 Å². The van der Waals surface area contributed by atoms with Gasteiger partial charge in [-0.1, -0.05) is 30.3 Å². The number of carbonyl (C=O) groups excluding carboxylic acids is 1. The third-order valence-corrected chi connectivity index (χ3v) is 3.39. The van der Waals surface area contributed by atoms with Crippen LogP contribution in [0, 0.1) is 0 Å². The maximum atomic E-state index is 11.9. The van der Waals surface area contributed by atoms with Crippen LogP contribution in [-0.2, 0) is 4.79 Å². The van der Waals surface area contributed by atoms with E-state index in [4.69, 9.17) is 5.73 Å². The second kappa shape index (κ2) is 4.85. The van der Waals surface area contributed by atoms with E-state index >= 15 is 0 Å². The van der Waals surface area contributed by atoms with Crippen molar-refractivity contribution in [3.8, 4) is 0 Å². The Kier molecular flexibility index (Phi) is 3.45. The second-order valence-electron chi connectivity index (χ2n) is 4.63. The number of rotatable bonds is 4. The predicted octanol–water partition coefficient (Wildman–Crippen LogP) is 0.718. The fourth-order valence-electron chi connectivity index (χ4n) is 2.01. The van der Waals surface area contributed by atoms with Gasteiger partial charge in [0.25, 0.3) is 0 Å². The van der Waals surface area contributed by atoms with Gasteiger partial charge in [-0.2, -0.15) is 0 Å². The van der Waals surface area contributed by atoms with Crippen LogP contribution in [-0.4, -0.2) is 23.2 Å². The summed E-state index contributed by atoms with van der Waals surface area (Å²) in [5.41, 5.74) is 6.11. The molecule has 1 fully saturated rings. The number of benzene rings is 1. The molecule has 92 valence electrons. The van der Waals surface area contributed by atoms with Crippen LogP contribution in [0.25, 0.3) is 0 Å². The molecule has 1 unspecified atom stereocenters. The van der Waals surface area contributed by atoms with E-state index in [-0.39, 0.29) is 18.6 Å². The van der Waals surface area contributed by atoms with Crippen LogP contribution in [0.3, 0.4) is 0 Å². The number of carbonyl (C=O) groups is 1. The van der Waals surface area contributed by atoms with E-state index in [9.17, 15) is 9.90 Å². The van der Waals surface area contributed by atoms with Gasteiger partial charge in [0.2, 0.25) is 5.91 Å². The molecule has 0 bridgehead atoms. The molecule has 0 aromatic heterocycles. The molecule has 1 aliphatic rings. The summed E-state index contributed by atoms with van der Waals surface area (Å²) in [4.78, 5) is 11.9. The molecule has 0 spiro atoms. The number of hydrogen-bond acceptors (Lipinski definition) is 3. The Morgan fingerprint density at radius 1 is 1.41 bits per heavy atom. The average molecular weight is 234 g/mol. The van der Waals surface area contributed by atoms with Crippen LogP contribution in [0.5, 0.6) is 0 Å². The van der Waals surface area contributed by atoms with E-state index in [2.05, 4.69) is 5.32 Å². The summed E-state index contributed by atoms with van der Waals surface area (Å²) < 4.78 is 0. The summed E-state index contributed by atoms with van der Waals surface area (Å²) in [5, 5.41) is 12.1. The first kappa shape index (κ1) is 12.1. The summed E-state index contributed by atoms with van der Waals surface area (Å²) >= 11 is 0. The highest BCUT2D eigenvalue weighted by molar-refractivity contribution is 5.87. The first-order valence-electron chi connectivity index (χ1n) is 5.91. The highest BCUT2D eigenvalue weighted by Gasteiger charge is 2.40. The molecule has 0 radical (unpaired) electrons. The van der Waals surface area contributed by atoms with Gasteiger partial charge in [-0.25, -0.2) is 0 Å². The number of nitrogens with two attached hydrogens (primary N) is 1. The zero-order valence-corrected chi connectivity index (χ0v) is 9.73. The Balaban J connectivity index is 2.03. The molecule has 1 aromatic rings. The molecule has 1 aromatic carbocycles. The molecule has 0 saturated heterocycles. The molecule has 2 rings (SSSR count). The lowest BCUT2D eigenvalue weighted by molar-refractivity contribution is -0.130. The van der Waals surface area contributed by atoms with Gasteiger partial charge in [0, 0.05) is 0 Å². The molecular formula is C13H18N2O2. The molecule has 4 nitrogen and oxygen atoms in total. The standard InChI is InChI=1S/C13H18N2O2/c14-13(7-4-8-13)12(17)15-11(9-16)10-5-2-1-3-6-10/h1-3,5-6,11,16H,4,7-9,14H2,(H,15,17). The van der Waals surface area contributed by atoms with Crippen molar-refractivity contribution >= 4 is 5.91 Å². The summed E-state index contributed by atoms with van der Waals surface area (Å²) in [6, 6.07) is 9.05. The van der Waals surface area contributed by atoms with Crippen LogP contribution < -0.4 is 11.1 Å². The lowest BCUT2D eigenvalue weighted by atomic mass is 9.77. The molecule has 1 atom stereocenters. The van der Waals surface area contributed by atoms with E-state index in [0.717, 1.165) is 24.8 Å². The number of hydrogen-bond donors (Lipinski definition) is 3. The Labute approximate surface area is 101 Å². The summed E-state index contributed by atoms with van der Waals surface area (Å²) in [6.07, 6.45) is 2.45. The topological polar surface area (TPSA) is 75.4 Å². The first-order valence-corrected chi connectivity index (χ1v) is 5.91. The fourth-order valence-corrected chi connectivity index (χ4v) is 2.01. The van der Waals surface area contributed by atoms with E-state index in [1.54, 1.807) is 0 Å². The highest BCUT2D eigenvalue weighted by Crippen LogP contribution is 2.29. The number of aliphatic hydroxyl groups excluding tert-OH is 1. The second-order valence-corrected chi connectivity index (χ2v) is 4.63. The minimum Gasteiger partial charge on any atom is -0.394 e. The van der Waals surface area contributed by atoms with Crippen LogP contribution in [0.15, 0.2) is 30.3 Å². The van der Waals surface area contributed by atoms with E-state index < -0.39 is 5.54 Å². The van der Waals surface area contributed by atoms with Crippen LogP contribution in [0.2, 0.25) is 0 Å². The molecular weight excluding hydrogens is 216 g/mol. The van der Waals surface area contributed by atoms with Gasteiger partial charge in [-0.05, 0) is 24.8 Å². The first-order chi connectivity index (χ1) is 8.15. The molecule has 0 heterocycles. The molecule has 1 aliphatic carbocycles. The van der Waals surface area contributed by atoms with Crippen molar-refractivity contribution in [2.24, 2.45) is 5.73 Å². The smallest absolute Gasteiger partial charge is 0.240 e. The van der Waals surface area contributed by atoms with Crippen molar-refractivity contribution in [1.29, 1.82) is 0 Å². The van der Waals surface area contributed by atoms with Crippen molar-refractivity contribution in [3.05, 3.63) is 35.9 Å². The Morgan fingerprint density at radius 3 is 2.53 bits per heavy atom. The van der Waals surface area contributed by atoms with Gasteiger partial charge in [0.1, 0.15) is 0 Å². The molecule has 1 amide bonds. The molecule has 17 heavy (non-hydrogen) atoms. The van der Waals surface area contributed by atoms with Crippen molar-refractivity contribution < 1.29 is 9.90 Å². The average Bonchev–Trinajstić information content (AvgIpc) is 2.33. The Morgan fingerprint density at radius 2 is 2.06 bits per heavy atom. The fraction of sp³-hybridized carbons (Fsp3) is 0.462. The van der Waals surface area contributed by atoms with Crippen LogP contribution >= 0.6 is 0 Å². The van der Waals surface area contributed by atoms with Gasteiger partial charge in [0.15, 0.2) is 0 Å². The zero-order valence-electron chi connectivity index (χ0n) is 9.73. The van der Waals surface area contributed by atoms with E-state index in [1.807, 2.05) is 30.3 Å². The number of nitrogens with one attached hydrogen (secondary N) is 1. The minimum atomic E-state index is -0.720. The summed E-state index contributed by atoms with van der Waals surface area (Å²) in [7, 11) is 0. The quantitative estimate of drug-likeness (QED) is 0.718. The molecule has 1 saturated carbocycles. The predicted molar refractivity (Wildman–Crippen MR) is 65.2 cm³/mol. The van der Waals surface area contributed by atoms with E-state index in [1.165, 1.54) is 0 Å².